The van der Waals surface area contributed by atoms with Gasteiger partial charge in [-0.2, -0.15) is 0 Å². The maximum atomic E-state index is 12.4. The molecule has 9 heteroatoms. The number of nitrogens with one attached hydrogen (secondary N) is 1. The molecule has 1 heterocycles. The van der Waals surface area contributed by atoms with E-state index < -0.39 is 12.2 Å². The second-order valence-electron chi connectivity index (χ2n) is 6.63. The fourth-order valence-corrected chi connectivity index (χ4v) is 2.91. The zero-order valence-electron chi connectivity index (χ0n) is 18.6. The van der Waals surface area contributed by atoms with Gasteiger partial charge in [0.15, 0.2) is 17.8 Å². The van der Waals surface area contributed by atoms with E-state index in [1.165, 1.54) is 0 Å². The smallest absolute Gasteiger partial charge is 0.227 e. The summed E-state index contributed by atoms with van der Waals surface area (Å²) in [6.45, 7) is 6.53. The highest BCUT2D eigenvalue weighted by molar-refractivity contribution is 5.98. The molecular formula is C22H30N2O7. The molecule has 0 aliphatic carbocycles. The number of ether oxygens (including phenoxy) is 4. The highest BCUT2D eigenvalue weighted by atomic mass is 16.7. The van der Waals surface area contributed by atoms with Crippen molar-refractivity contribution in [2.45, 2.75) is 39.9 Å². The topological polar surface area (TPSA) is 109 Å². The van der Waals surface area contributed by atoms with Gasteiger partial charge in [-0.1, -0.05) is 0 Å². The molecule has 0 radical (unpaired) electrons. The fraction of sp³-hybridized carbons (Fsp3) is 0.500. The number of amides is 1. The first-order valence-corrected chi connectivity index (χ1v) is 10.1. The van der Waals surface area contributed by atoms with E-state index in [1.54, 1.807) is 39.3 Å². The number of hydrogen-bond acceptors (Lipinski definition) is 8. The van der Waals surface area contributed by atoms with E-state index in [9.17, 15) is 9.59 Å². The van der Waals surface area contributed by atoms with E-state index in [-0.39, 0.29) is 25.2 Å². The average molecular weight is 434 g/mol. The van der Waals surface area contributed by atoms with Crippen molar-refractivity contribution in [2.24, 2.45) is 0 Å². The summed E-state index contributed by atoms with van der Waals surface area (Å²) >= 11 is 0. The second-order valence-corrected chi connectivity index (χ2v) is 6.63. The molecule has 0 unspecified atom stereocenters. The molecule has 1 aromatic heterocycles. The summed E-state index contributed by atoms with van der Waals surface area (Å²) in [4.78, 5) is 28.9. The van der Waals surface area contributed by atoms with Gasteiger partial charge in [0.1, 0.15) is 11.5 Å². The molecule has 2 aromatic rings. The number of aryl methyl sites for hydroxylation is 1. The number of hydrogen-bond donors (Lipinski definition) is 1. The Balaban J connectivity index is 1.97. The second kappa shape index (κ2) is 12.1. The molecule has 1 amide bonds. The summed E-state index contributed by atoms with van der Waals surface area (Å²) in [7, 11) is 3.10. The predicted molar refractivity (Wildman–Crippen MR) is 113 cm³/mol. The first-order valence-electron chi connectivity index (χ1n) is 10.1. The van der Waals surface area contributed by atoms with E-state index in [0.717, 1.165) is 0 Å². The standard InChI is InChI=1S/C22H30N2O7/c1-6-29-21(30-7-2)13-23-20(26)12-16(25)11-17-14(3)31-22(24-17)15-8-9-18(27-4)19(10-15)28-5/h8-10,21H,6-7,11-13H2,1-5H3,(H,23,26). The zero-order chi connectivity index (χ0) is 22.8. The molecule has 0 spiro atoms. The lowest BCUT2D eigenvalue weighted by molar-refractivity contribution is -0.141. The molecule has 0 aliphatic heterocycles. The zero-order valence-corrected chi connectivity index (χ0v) is 18.6. The van der Waals surface area contributed by atoms with Gasteiger partial charge in [-0.25, -0.2) is 4.98 Å². The predicted octanol–water partition coefficient (Wildman–Crippen LogP) is 2.68. The third kappa shape index (κ3) is 7.08. The van der Waals surface area contributed by atoms with Crippen LogP contribution in [-0.2, 0) is 25.5 Å². The maximum Gasteiger partial charge on any atom is 0.227 e. The number of aromatic nitrogens is 1. The van der Waals surface area contributed by atoms with Crippen molar-refractivity contribution < 1.29 is 33.0 Å². The number of rotatable bonds is 13. The Kier molecular flexibility index (Phi) is 9.48. The Labute approximate surface area is 182 Å². The number of nitrogens with zero attached hydrogens (tertiary/aromatic N) is 1. The molecule has 2 rings (SSSR count). The van der Waals surface area contributed by atoms with E-state index >= 15 is 0 Å². The minimum atomic E-state index is -0.532. The van der Waals surface area contributed by atoms with Crippen molar-refractivity contribution in [3.63, 3.8) is 0 Å². The monoisotopic (exact) mass is 434 g/mol. The summed E-state index contributed by atoms with van der Waals surface area (Å²) in [6, 6.07) is 5.29. The van der Waals surface area contributed by atoms with Crippen LogP contribution >= 0.6 is 0 Å². The largest absolute Gasteiger partial charge is 0.493 e. The van der Waals surface area contributed by atoms with Crippen molar-refractivity contribution >= 4 is 11.7 Å². The molecule has 0 bridgehead atoms. The van der Waals surface area contributed by atoms with Gasteiger partial charge >= 0.3 is 0 Å². The Hall–Kier alpha value is -2.91. The lowest BCUT2D eigenvalue weighted by atomic mass is 10.1. The summed E-state index contributed by atoms with van der Waals surface area (Å²) in [6.07, 6.45) is -0.796. The van der Waals surface area contributed by atoms with Gasteiger partial charge in [-0.15, -0.1) is 0 Å². The Bertz CT molecular complexity index is 873. The van der Waals surface area contributed by atoms with Crippen LogP contribution in [0.3, 0.4) is 0 Å². The van der Waals surface area contributed by atoms with Gasteiger partial charge in [0.2, 0.25) is 11.8 Å². The summed E-state index contributed by atoms with van der Waals surface area (Å²) in [5.74, 6) is 1.36. The van der Waals surface area contributed by atoms with Crippen LogP contribution in [0.2, 0.25) is 0 Å². The normalized spacial score (nSPS) is 10.9. The van der Waals surface area contributed by atoms with Crippen LogP contribution < -0.4 is 14.8 Å². The first-order chi connectivity index (χ1) is 14.9. The van der Waals surface area contributed by atoms with Gasteiger partial charge < -0.3 is 28.7 Å². The molecule has 31 heavy (non-hydrogen) atoms. The lowest BCUT2D eigenvalue weighted by Gasteiger charge is -2.17. The van der Waals surface area contributed by atoms with Crippen LogP contribution in [0.4, 0.5) is 0 Å². The number of carbonyl (C=O) groups excluding carboxylic acids is 2. The van der Waals surface area contributed by atoms with Gasteiger partial charge in [-0.05, 0) is 39.0 Å². The Morgan fingerprint density at radius 1 is 1.10 bits per heavy atom. The SMILES string of the molecule is CCOC(CNC(=O)CC(=O)Cc1nc(-c2ccc(OC)c(OC)c2)oc1C)OCC. The number of methoxy groups -OCH3 is 2. The number of carbonyl (C=O) groups is 2. The molecule has 0 saturated heterocycles. The quantitative estimate of drug-likeness (QED) is 0.379. The van der Waals surface area contributed by atoms with E-state index in [4.69, 9.17) is 23.4 Å². The molecule has 1 N–H and O–H groups in total. The van der Waals surface area contributed by atoms with E-state index in [0.29, 0.717) is 47.6 Å². The van der Waals surface area contributed by atoms with Gasteiger partial charge in [-0.3, -0.25) is 9.59 Å². The van der Waals surface area contributed by atoms with Crippen LogP contribution in [0.25, 0.3) is 11.5 Å². The number of ketones is 1. The first kappa shape index (κ1) is 24.4. The van der Waals surface area contributed by atoms with Crippen LogP contribution in [0.15, 0.2) is 22.6 Å². The van der Waals surface area contributed by atoms with Crippen molar-refractivity contribution in [1.29, 1.82) is 0 Å². The third-order valence-electron chi connectivity index (χ3n) is 4.42. The maximum absolute atomic E-state index is 12.4. The van der Waals surface area contributed by atoms with Crippen molar-refractivity contribution in [3.05, 3.63) is 29.7 Å². The van der Waals surface area contributed by atoms with E-state index in [1.807, 2.05) is 13.8 Å². The number of Topliss-reactive ketones (excluding diaryl/α,β-unsaturated/α-hetero) is 1. The van der Waals surface area contributed by atoms with Gasteiger partial charge in [0, 0.05) is 18.8 Å². The number of oxazole rings is 1. The van der Waals surface area contributed by atoms with Crippen LogP contribution in [-0.4, -0.2) is 56.9 Å². The van der Waals surface area contributed by atoms with E-state index in [2.05, 4.69) is 10.3 Å². The molecular weight excluding hydrogens is 404 g/mol. The lowest BCUT2D eigenvalue weighted by Crippen LogP contribution is -2.36. The highest BCUT2D eigenvalue weighted by Crippen LogP contribution is 2.32. The molecule has 170 valence electrons. The Morgan fingerprint density at radius 3 is 2.39 bits per heavy atom. The third-order valence-corrected chi connectivity index (χ3v) is 4.42. The Morgan fingerprint density at radius 2 is 1.77 bits per heavy atom. The summed E-state index contributed by atoms with van der Waals surface area (Å²) < 4.78 is 27.0. The minimum absolute atomic E-state index is 0.00358. The molecule has 1 aromatic carbocycles. The molecule has 0 fully saturated rings. The molecule has 0 atom stereocenters. The highest BCUT2D eigenvalue weighted by Gasteiger charge is 2.19. The minimum Gasteiger partial charge on any atom is -0.493 e. The molecule has 9 nitrogen and oxygen atoms in total. The average Bonchev–Trinajstić information content (AvgIpc) is 3.11. The molecule has 0 saturated carbocycles. The molecule has 0 aliphatic rings. The van der Waals surface area contributed by atoms with Crippen molar-refractivity contribution in [3.8, 4) is 23.0 Å². The van der Waals surface area contributed by atoms with Gasteiger partial charge in [0.25, 0.3) is 0 Å². The fourth-order valence-electron chi connectivity index (χ4n) is 2.91. The number of benzene rings is 1. The van der Waals surface area contributed by atoms with Gasteiger partial charge in [0.05, 0.1) is 39.3 Å². The van der Waals surface area contributed by atoms with Crippen LogP contribution in [0.5, 0.6) is 11.5 Å². The van der Waals surface area contributed by atoms with Crippen molar-refractivity contribution in [1.82, 2.24) is 10.3 Å². The summed E-state index contributed by atoms with van der Waals surface area (Å²) in [5.41, 5.74) is 1.18. The summed E-state index contributed by atoms with van der Waals surface area (Å²) in [5, 5.41) is 2.66. The van der Waals surface area contributed by atoms with Crippen LogP contribution in [0.1, 0.15) is 31.7 Å². The van der Waals surface area contributed by atoms with Crippen molar-refractivity contribution in [2.75, 3.05) is 34.0 Å². The van der Waals surface area contributed by atoms with Crippen LogP contribution in [0, 0.1) is 6.92 Å².